The number of rotatable bonds is 54. The molecule has 0 saturated carbocycles. The molecular weight excluding hydrogens is 876 g/mol. The number of nitrogens with one attached hydrogen (secondary N) is 1. The topological polar surface area (TPSA) is 108 Å². The van der Waals surface area contributed by atoms with Crippen molar-refractivity contribution >= 4 is 13.7 Å². The van der Waals surface area contributed by atoms with Gasteiger partial charge >= 0.3 is 0 Å². The lowest BCUT2D eigenvalue weighted by Gasteiger charge is -2.29. The molecule has 3 unspecified atom stereocenters. The van der Waals surface area contributed by atoms with E-state index in [0.717, 1.165) is 44.9 Å². The number of quaternary nitrogens is 1. The minimum absolute atomic E-state index is 0.00714. The molecule has 8 nitrogen and oxygen atoms in total. The second kappa shape index (κ2) is 51.4. The van der Waals surface area contributed by atoms with Gasteiger partial charge in [-0.2, -0.15) is 0 Å². The predicted molar refractivity (Wildman–Crippen MR) is 298 cm³/mol. The van der Waals surface area contributed by atoms with Gasteiger partial charge in [0.15, 0.2) is 0 Å². The van der Waals surface area contributed by atoms with Crippen LogP contribution in [0.1, 0.15) is 277 Å². The molecule has 9 heteroatoms. The number of nitrogens with zero attached hydrogens (tertiary/aromatic N) is 1. The zero-order chi connectivity index (χ0) is 50.6. The standard InChI is InChI=1S/C60H115N2O6P/c1-6-8-10-12-14-16-18-20-22-24-26-28-30-32-33-35-37-39-41-43-45-47-49-51-53-59(63)58(57-68-69(65,66)67-56-55-62(3,4)5)61-60(64)54-52-50-48-46-44-42-40-38-36-34-31-29-27-25-23-21-19-17-15-13-11-9-7-2/h19,21,25,27,43,45,51,53,58-59,63H,6-18,20,22-24,26,28-42,44,46-50,52,54-57H2,1-5H3,(H-,61,64,65,66)/b21-19-,27-25-,45-43+,53-51+. The Morgan fingerprint density at radius 2 is 0.855 bits per heavy atom. The average Bonchev–Trinajstić information content (AvgIpc) is 3.31. The Morgan fingerprint density at radius 3 is 1.26 bits per heavy atom. The molecule has 0 saturated heterocycles. The molecule has 69 heavy (non-hydrogen) atoms. The van der Waals surface area contributed by atoms with Crippen molar-refractivity contribution in [3.8, 4) is 0 Å². The van der Waals surface area contributed by atoms with E-state index in [2.05, 4.69) is 55.6 Å². The zero-order valence-corrected chi connectivity index (χ0v) is 47.2. The SMILES string of the molecule is CCCCCCC/C=C\C/C=C\CCCCCCCCCCCCCC(=O)NC(COP(=O)([O-])OCC[N+](C)(C)C)C(O)/C=C/CC/C=C/CCCCCCCCCCCCCCCCCCCC. The Bertz CT molecular complexity index is 1260. The Morgan fingerprint density at radius 1 is 0.507 bits per heavy atom. The largest absolute Gasteiger partial charge is 0.756 e. The quantitative estimate of drug-likeness (QED) is 0.0272. The van der Waals surface area contributed by atoms with Crippen LogP contribution in [-0.2, 0) is 18.4 Å². The number of hydrogen-bond donors (Lipinski definition) is 2. The van der Waals surface area contributed by atoms with Gasteiger partial charge in [0.25, 0.3) is 7.82 Å². The lowest BCUT2D eigenvalue weighted by atomic mass is 10.0. The fraction of sp³-hybridized carbons (Fsp3) is 0.850. The lowest BCUT2D eigenvalue weighted by molar-refractivity contribution is -0.870. The highest BCUT2D eigenvalue weighted by Crippen LogP contribution is 2.38. The number of amides is 1. The molecule has 0 radical (unpaired) electrons. The maximum absolute atomic E-state index is 13.0. The van der Waals surface area contributed by atoms with Crippen LogP contribution in [0, 0.1) is 0 Å². The second-order valence-electron chi connectivity index (χ2n) is 21.3. The molecule has 0 spiro atoms. The van der Waals surface area contributed by atoms with E-state index >= 15 is 0 Å². The summed E-state index contributed by atoms with van der Waals surface area (Å²) in [5.74, 6) is -0.207. The zero-order valence-electron chi connectivity index (χ0n) is 46.3. The van der Waals surface area contributed by atoms with Crippen molar-refractivity contribution in [3.63, 3.8) is 0 Å². The Kier molecular flexibility index (Phi) is 50.2. The van der Waals surface area contributed by atoms with Crippen LogP contribution in [0.4, 0.5) is 0 Å². The van der Waals surface area contributed by atoms with E-state index in [0.29, 0.717) is 17.4 Å². The van der Waals surface area contributed by atoms with Crippen LogP contribution >= 0.6 is 7.82 Å². The Hall–Kier alpha value is -1.54. The summed E-state index contributed by atoms with van der Waals surface area (Å²) in [4.78, 5) is 25.5. The van der Waals surface area contributed by atoms with E-state index < -0.39 is 26.6 Å². The van der Waals surface area contributed by atoms with Crippen molar-refractivity contribution in [2.45, 2.75) is 289 Å². The molecule has 0 aromatic heterocycles. The van der Waals surface area contributed by atoms with Crippen molar-refractivity contribution in [1.82, 2.24) is 5.32 Å². The first-order valence-corrected chi connectivity index (χ1v) is 31.0. The highest BCUT2D eigenvalue weighted by molar-refractivity contribution is 7.45. The van der Waals surface area contributed by atoms with Crippen LogP contribution in [0.2, 0.25) is 0 Å². The summed E-state index contributed by atoms with van der Waals surface area (Å²) in [6.07, 6.45) is 67.6. The van der Waals surface area contributed by atoms with E-state index in [9.17, 15) is 19.4 Å². The summed E-state index contributed by atoms with van der Waals surface area (Å²) in [6.45, 7) is 4.65. The molecule has 0 bridgehead atoms. The number of carbonyl (C=O) groups excluding carboxylic acids is 1. The van der Waals surface area contributed by atoms with Crippen LogP contribution in [0.5, 0.6) is 0 Å². The van der Waals surface area contributed by atoms with Gasteiger partial charge in [-0.15, -0.1) is 0 Å². The van der Waals surface area contributed by atoms with Gasteiger partial charge in [-0.3, -0.25) is 9.36 Å². The summed E-state index contributed by atoms with van der Waals surface area (Å²) >= 11 is 0. The normalized spacial score (nSPS) is 14.2. The summed E-state index contributed by atoms with van der Waals surface area (Å²) in [5, 5.41) is 13.9. The third kappa shape index (κ3) is 54.1. The molecule has 3 atom stereocenters. The molecule has 0 aliphatic heterocycles. The number of phosphoric acid groups is 1. The van der Waals surface area contributed by atoms with Crippen molar-refractivity contribution in [3.05, 3.63) is 48.6 Å². The second-order valence-corrected chi connectivity index (χ2v) is 22.8. The summed E-state index contributed by atoms with van der Waals surface area (Å²) < 4.78 is 23.3. The van der Waals surface area contributed by atoms with Crippen LogP contribution < -0.4 is 10.2 Å². The van der Waals surface area contributed by atoms with E-state index in [-0.39, 0.29) is 12.5 Å². The highest BCUT2D eigenvalue weighted by atomic mass is 31.2. The Labute approximate surface area is 429 Å². The maximum Gasteiger partial charge on any atom is 0.268 e. The average molecular weight is 992 g/mol. The van der Waals surface area contributed by atoms with Crippen molar-refractivity contribution < 1.29 is 32.9 Å². The number of aliphatic hydroxyl groups is 1. The number of hydrogen-bond acceptors (Lipinski definition) is 6. The molecule has 0 aliphatic carbocycles. The summed E-state index contributed by atoms with van der Waals surface area (Å²) in [7, 11) is 1.25. The third-order valence-corrected chi connectivity index (χ3v) is 14.2. The van der Waals surface area contributed by atoms with E-state index in [1.54, 1.807) is 6.08 Å². The molecule has 0 aliphatic rings. The van der Waals surface area contributed by atoms with E-state index in [4.69, 9.17) is 9.05 Å². The predicted octanol–water partition coefficient (Wildman–Crippen LogP) is 17.3. The van der Waals surface area contributed by atoms with Crippen LogP contribution in [0.3, 0.4) is 0 Å². The fourth-order valence-electron chi connectivity index (χ4n) is 8.61. The fourth-order valence-corrected chi connectivity index (χ4v) is 9.34. The van der Waals surface area contributed by atoms with Gasteiger partial charge in [-0.1, -0.05) is 255 Å². The first kappa shape index (κ1) is 67.5. The molecule has 1 amide bonds. The van der Waals surface area contributed by atoms with Crippen LogP contribution in [-0.4, -0.2) is 68.5 Å². The first-order chi connectivity index (χ1) is 33.5. The Balaban J connectivity index is 4.25. The smallest absolute Gasteiger partial charge is 0.268 e. The molecule has 0 heterocycles. The van der Waals surface area contributed by atoms with Gasteiger partial charge in [0.1, 0.15) is 13.2 Å². The summed E-state index contributed by atoms with van der Waals surface area (Å²) in [6, 6.07) is -0.906. The van der Waals surface area contributed by atoms with Crippen LogP contribution in [0.25, 0.3) is 0 Å². The van der Waals surface area contributed by atoms with E-state index in [1.807, 2.05) is 27.2 Å². The maximum atomic E-state index is 13.0. The number of carbonyl (C=O) groups is 1. The number of aliphatic hydroxyl groups excluding tert-OH is 1. The van der Waals surface area contributed by atoms with Gasteiger partial charge in [0, 0.05) is 6.42 Å². The van der Waals surface area contributed by atoms with Gasteiger partial charge in [0.05, 0.1) is 39.9 Å². The van der Waals surface area contributed by atoms with Crippen molar-refractivity contribution in [2.75, 3.05) is 40.9 Å². The lowest BCUT2D eigenvalue weighted by Crippen LogP contribution is -2.45. The van der Waals surface area contributed by atoms with Gasteiger partial charge in [0.2, 0.25) is 5.91 Å². The molecule has 0 fully saturated rings. The molecule has 2 N–H and O–H groups in total. The third-order valence-electron chi connectivity index (χ3n) is 13.3. The number of likely N-dealkylation sites (N-methyl/N-ethyl adjacent to an activating group) is 1. The van der Waals surface area contributed by atoms with Crippen molar-refractivity contribution in [2.24, 2.45) is 0 Å². The number of unbranched alkanes of at least 4 members (excludes halogenated alkanes) is 35. The number of allylic oxidation sites excluding steroid dienone is 7. The van der Waals surface area contributed by atoms with Crippen LogP contribution in [0.15, 0.2) is 48.6 Å². The molecule has 0 rings (SSSR count). The van der Waals surface area contributed by atoms with Gasteiger partial charge in [-0.05, 0) is 64.2 Å². The first-order valence-electron chi connectivity index (χ1n) is 29.5. The molecule has 406 valence electrons. The number of phosphoric ester groups is 1. The monoisotopic (exact) mass is 991 g/mol. The highest BCUT2D eigenvalue weighted by Gasteiger charge is 2.23. The molecular formula is C60H115N2O6P. The minimum Gasteiger partial charge on any atom is -0.756 e. The molecule has 0 aromatic rings. The van der Waals surface area contributed by atoms with E-state index in [1.165, 1.54) is 212 Å². The van der Waals surface area contributed by atoms with Crippen molar-refractivity contribution in [1.29, 1.82) is 0 Å². The van der Waals surface area contributed by atoms with Gasteiger partial charge in [-0.25, -0.2) is 0 Å². The minimum atomic E-state index is -4.61. The van der Waals surface area contributed by atoms with Gasteiger partial charge < -0.3 is 28.8 Å². The molecule has 0 aromatic carbocycles. The summed E-state index contributed by atoms with van der Waals surface area (Å²) in [5.41, 5.74) is 0.